The van der Waals surface area contributed by atoms with Crippen LogP contribution in [-0.2, 0) is 16.0 Å². The van der Waals surface area contributed by atoms with Gasteiger partial charge in [0.25, 0.3) is 11.6 Å². The van der Waals surface area contributed by atoms with Crippen LogP contribution in [0.15, 0.2) is 48.5 Å². The minimum atomic E-state index is -0.502. The third-order valence-electron chi connectivity index (χ3n) is 5.04. The average molecular weight is 440 g/mol. The fourth-order valence-corrected chi connectivity index (χ4v) is 3.37. The molecule has 1 aliphatic heterocycles. The minimum Gasteiger partial charge on any atom is -0.450 e. The van der Waals surface area contributed by atoms with Crippen LogP contribution in [0.4, 0.5) is 16.2 Å². The molecule has 0 spiro atoms. The van der Waals surface area contributed by atoms with Crippen molar-refractivity contribution < 1.29 is 24.0 Å². The molecule has 2 aromatic carbocycles. The number of carbonyl (C=O) groups is 3. The topological polar surface area (TPSA) is 122 Å². The first-order chi connectivity index (χ1) is 15.4. The second kappa shape index (κ2) is 10.4. The van der Waals surface area contributed by atoms with Gasteiger partial charge >= 0.3 is 6.09 Å². The standard InChI is InChI=1S/C22H24N4O6/c1-2-32-22(29)25-13-11-24(12-14-25)21(28)18-5-3-4-6-19(18)23-20(27)15-16-7-9-17(10-8-16)26(30)31/h3-10H,2,11-15H2,1H3,(H,23,27). The van der Waals surface area contributed by atoms with E-state index in [1.165, 1.54) is 24.3 Å². The summed E-state index contributed by atoms with van der Waals surface area (Å²) in [6.07, 6.45) is -0.378. The van der Waals surface area contributed by atoms with Gasteiger partial charge < -0.3 is 19.9 Å². The van der Waals surface area contributed by atoms with Crippen molar-refractivity contribution in [2.45, 2.75) is 13.3 Å². The van der Waals surface area contributed by atoms with E-state index in [0.29, 0.717) is 49.6 Å². The Hall–Kier alpha value is -3.95. The number of hydrogen-bond acceptors (Lipinski definition) is 6. The van der Waals surface area contributed by atoms with Gasteiger partial charge in [-0.25, -0.2) is 4.79 Å². The first kappa shape index (κ1) is 22.7. The van der Waals surface area contributed by atoms with E-state index in [9.17, 15) is 24.5 Å². The van der Waals surface area contributed by atoms with Crippen LogP contribution in [0, 0.1) is 10.1 Å². The summed E-state index contributed by atoms with van der Waals surface area (Å²) in [6.45, 7) is 3.51. The lowest BCUT2D eigenvalue weighted by molar-refractivity contribution is -0.384. The van der Waals surface area contributed by atoms with Crippen LogP contribution in [-0.4, -0.2) is 65.4 Å². The number of anilines is 1. The molecule has 0 saturated carbocycles. The Labute approximate surface area is 184 Å². The summed E-state index contributed by atoms with van der Waals surface area (Å²) in [7, 11) is 0. The summed E-state index contributed by atoms with van der Waals surface area (Å²) in [5, 5.41) is 13.5. The number of hydrogen-bond donors (Lipinski definition) is 1. The molecule has 0 atom stereocenters. The zero-order valence-electron chi connectivity index (χ0n) is 17.7. The molecule has 32 heavy (non-hydrogen) atoms. The number of carbonyl (C=O) groups excluding carboxylic acids is 3. The van der Waals surface area contributed by atoms with Gasteiger partial charge in [-0.3, -0.25) is 19.7 Å². The van der Waals surface area contributed by atoms with Crippen molar-refractivity contribution in [2.24, 2.45) is 0 Å². The van der Waals surface area contributed by atoms with Gasteiger partial charge in [0, 0.05) is 38.3 Å². The molecule has 3 rings (SSSR count). The number of nitrogens with zero attached hydrogens (tertiary/aromatic N) is 3. The monoisotopic (exact) mass is 440 g/mol. The Morgan fingerprint density at radius 3 is 2.25 bits per heavy atom. The predicted molar refractivity (Wildman–Crippen MR) is 116 cm³/mol. The maximum Gasteiger partial charge on any atom is 0.409 e. The number of para-hydroxylation sites is 1. The average Bonchev–Trinajstić information content (AvgIpc) is 2.79. The van der Waals surface area contributed by atoms with E-state index in [1.807, 2.05) is 0 Å². The number of ether oxygens (including phenoxy) is 1. The molecule has 1 N–H and O–H groups in total. The van der Waals surface area contributed by atoms with Crippen molar-refractivity contribution in [3.63, 3.8) is 0 Å². The molecule has 10 heteroatoms. The maximum absolute atomic E-state index is 13.0. The molecular formula is C22H24N4O6. The van der Waals surface area contributed by atoms with Gasteiger partial charge in [0.1, 0.15) is 0 Å². The van der Waals surface area contributed by atoms with Gasteiger partial charge in [-0.2, -0.15) is 0 Å². The third kappa shape index (κ3) is 5.60. The highest BCUT2D eigenvalue weighted by molar-refractivity contribution is 6.04. The predicted octanol–water partition coefficient (Wildman–Crippen LogP) is 2.69. The fraction of sp³-hybridized carbons (Fsp3) is 0.318. The van der Waals surface area contributed by atoms with Crippen LogP contribution in [0.2, 0.25) is 0 Å². The molecule has 10 nitrogen and oxygen atoms in total. The van der Waals surface area contributed by atoms with Crippen LogP contribution in [0.25, 0.3) is 0 Å². The van der Waals surface area contributed by atoms with Crippen LogP contribution in [0.1, 0.15) is 22.8 Å². The number of nitrogens with one attached hydrogen (secondary N) is 1. The quantitative estimate of drug-likeness (QED) is 0.544. The van der Waals surface area contributed by atoms with Crippen molar-refractivity contribution in [3.05, 3.63) is 69.8 Å². The highest BCUT2D eigenvalue weighted by Gasteiger charge is 2.26. The van der Waals surface area contributed by atoms with Crippen LogP contribution in [0.5, 0.6) is 0 Å². The smallest absolute Gasteiger partial charge is 0.409 e. The Morgan fingerprint density at radius 1 is 1.00 bits per heavy atom. The van der Waals surface area contributed by atoms with E-state index < -0.39 is 11.0 Å². The largest absolute Gasteiger partial charge is 0.450 e. The van der Waals surface area contributed by atoms with Crippen LogP contribution < -0.4 is 5.32 Å². The SMILES string of the molecule is CCOC(=O)N1CCN(C(=O)c2ccccc2NC(=O)Cc2ccc([N+](=O)[O-])cc2)CC1. The fourth-order valence-electron chi connectivity index (χ4n) is 3.37. The third-order valence-corrected chi connectivity index (χ3v) is 5.04. The highest BCUT2D eigenvalue weighted by atomic mass is 16.6. The van der Waals surface area contributed by atoms with Crippen molar-refractivity contribution in [1.29, 1.82) is 0 Å². The molecule has 3 amide bonds. The molecule has 1 aliphatic rings. The van der Waals surface area contributed by atoms with E-state index >= 15 is 0 Å². The summed E-state index contributed by atoms with van der Waals surface area (Å²) in [5.74, 6) is -0.578. The Kier molecular flexibility index (Phi) is 7.37. The highest BCUT2D eigenvalue weighted by Crippen LogP contribution is 2.20. The summed E-state index contributed by atoms with van der Waals surface area (Å²) in [6, 6.07) is 12.5. The number of piperazine rings is 1. The summed E-state index contributed by atoms with van der Waals surface area (Å²) in [5.41, 5.74) is 1.31. The second-order valence-electron chi connectivity index (χ2n) is 7.17. The van der Waals surface area contributed by atoms with Crippen molar-refractivity contribution >= 4 is 29.3 Å². The Morgan fingerprint density at radius 2 is 1.62 bits per heavy atom. The zero-order chi connectivity index (χ0) is 23.1. The molecule has 0 aliphatic carbocycles. The van der Waals surface area contributed by atoms with E-state index in [0.717, 1.165) is 0 Å². The second-order valence-corrected chi connectivity index (χ2v) is 7.17. The van der Waals surface area contributed by atoms with Gasteiger partial charge in [0.05, 0.1) is 29.2 Å². The number of benzene rings is 2. The van der Waals surface area contributed by atoms with Crippen molar-refractivity contribution in [2.75, 3.05) is 38.1 Å². The van der Waals surface area contributed by atoms with E-state index in [2.05, 4.69) is 5.32 Å². The molecule has 1 saturated heterocycles. The van der Waals surface area contributed by atoms with Gasteiger partial charge in [-0.05, 0) is 24.6 Å². The molecule has 2 aromatic rings. The minimum absolute atomic E-state index is 0.0126. The summed E-state index contributed by atoms with van der Waals surface area (Å²) < 4.78 is 4.99. The summed E-state index contributed by atoms with van der Waals surface area (Å²) in [4.78, 5) is 50.8. The zero-order valence-corrected chi connectivity index (χ0v) is 17.7. The number of rotatable bonds is 6. The van der Waals surface area contributed by atoms with Crippen LogP contribution >= 0.6 is 0 Å². The van der Waals surface area contributed by atoms with Gasteiger partial charge in [0.15, 0.2) is 0 Å². The molecule has 0 radical (unpaired) electrons. The van der Waals surface area contributed by atoms with Crippen LogP contribution in [0.3, 0.4) is 0 Å². The lowest BCUT2D eigenvalue weighted by Gasteiger charge is -2.34. The van der Waals surface area contributed by atoms with Gasteiger partial charge in [-0.15, -0.1) is 0 Å². The summed E-state index contributed by atoms with van der Waals surface area (Å²) >= 11 is 0. The molecule has 0 bridgehead atoms. The maximum atomic E-state index is 13.0. The molecule has 1 fully saturated rings. The van der Waals surface area contributed by atoms with Gasteiger partial charge in [-0.1, -0.05) is 24.3 Å². The number of nitro benzene ring substituents is 1. The molecule has 0 unspecified atom stereocenters. The van der Waals surface area contributed by atoms with Crippen molar-refractivity contribution in [3.8, 4) is 0 Å². The lowest BCUT2D eigenvalue weighted by Crippen LogP contribution is -2.50. The first-order valence-electron chi connectivity index (χ1n) is 10.2. The van der Waals surface area contributed by atoms with Crippen molar-refractivity contribution in [1.82, 2.24) is 9.80 Å². The molecular weight excluding hydrogens is 416 g/mol. The lowest BCUT2D eigenvalue weighted by atomic mass is 10.1. The number of nitro groups is 1. The van der Waals surface area contributed by atoms with E-state index in [-0.39, 0.29) is 23.9 Å². The van der Waals surface area contributed by atoms with Gasteiger partial charge in [0.2, 0.25) is 5.91 Å². The Bertz CT molecular complexity index is 1000. The normalized spacial score (nSPS) is 13.4. The van der Waals surface area contributed by atoms with E-state index in [1.54, 1.807) is 41.0 Å². The molecule has 0 aromatic heterocycles. The molecule has 168 valence electrons. The molecule has 1 heterocycles. The number of non-ortho nitro benzene ring substituents is 1. The first-order valence-corrected chi connectivity index (χ1v) is 10.2. The van der Waals surface area contributed by atoms with E-state index in [4.69, 9.17) is 4.74 Å². The number of amides is 3. The Balaban J connectivity index is 1.63.